The molecule has 2 aromatic rings. The van der Waals surface area contributed by atoms with Gasteiger partial charge >= 0.3 is 0 Å². The quantitative estimate of drug-likeness (QED) is 0.486. The van der Waals surface area contributed by atoms with E-state index >= 15 is 0 Å². The van der Waals surface area contributed by atoms with Gasteiger partial charge in [0, 0.05) is 6.07 Å². The molecule has 2 rings (SSSR count). The van der Waals surface area contributed by atoms with Gasteiger partial charge in [-0.3, -0.25) is 14.9 Å². The molecule has 1 amide bonds. The molecular weight excluding hydrogens is 285 g/mol. The number of nitro benzene ring substituents is 1. The van der Waals surface area contributed by atoms with Crippen molar-refractivity contribution >= 4 is 17.3 Å². The Morgan fingerprint density at radius 2 is 2.29 bits per heavy atom. The van der Waals surface area contributed by atoms with Crippen LogP contribution in [0.3, 0.4) is 0 Å². The summed E-state index contributed by atoms with van der Waals surface area (Å²) in [5, 5.41) is 16.5. The normalized spacial score (nSPS) is 10.4. The van der Waals surface area contributed by atoms with Gasteiger partial charge in [-0.1, -0.05) is 5.16 Å². The van der Waals surface area contributed by atoms with Gasteiger partial charge in [0.05, 0.1) is 11.5 Å². The van der Waals surface area contributed by atoms with Crippen molar-refractivity contribution in [3.8, 4) is 0 Å². The molecule has 0 atom stereocenters. The Morgan fingerprint density at radius 3 is 2.86 bits per heavy atom. The van der Waals surface area contributed by atoms with Crippen LogP contribution < -0.4 is 11.1 Å². The zero-order valence-corrected chi connectivity index (χ0v) is 10.8. The largest absolute Gasteiger partial charge is 0.392 e. The number of nitrogen functional groups attached to an aromatic ring is 1. The summed E-state index contributed by atoms with van der Waals surface area (Å²) in [6.07, 6.45) is 0. The average Bonchev–Trinajstić information content (AvgIpc) is 2.82. The fourth-order valence-corrected chi connectivity index (χ4v) is 1.63. The Labute approximate surface area is 117 Å². The highest BCUT2D eigenvalue weighted by Gasteiger charge is 2.23. The van der Waals surface area contributed by atoms with Gasteiger partial charge in [0.25, 0.3) is 11.6 Å². The van der Waals surface area contributed by atoms with Crippen LogP contribution in [0.4, 0.5) is 15.8 Å². The number of nitro groups is 1. The van der Waals surface area contributed by atoms with Crippen LogP contribution in [0.1, 0.15) is 22.1 Å². The minimum atomic E-state index is -0.961. The SMILES string of the molecule is Cc1noc(CNC(=O)c2c(F)ccc([N+](=O)[O-])c2N)n1. The third kappa shape index (κ3) is 2.94. The topological polar surface area (TPSA) is 137 Å². The molecule has 0 aliphatic heterocycles. The van der Waals surface area contributed by atoms with E-state index in [4.69, 9.17) is 10.3 Å². The van der Waals surface area contributed by atoms with Crippen molar-refractivity contribution in [3.05, 3.63) is 45.3 Å². The highest BCUT2D eigenvalue weighted by molar-refractivity contribution is 6.01. The second-order valence-corrected chi connectivity index (χ2v) is 4.03. The van der Waals surface area contributed by atoms with Crippen LogP contribution in [0.15, 0.2) is 16.7 Å². The number of hydrogen-bond donors (Lipinski definition) is 2. The molecule has 0 saturated carbocycles. The molecule has 1 aromatic carbocycles. The second-order valence-electron chi connectivity index (χ2n) is 4.03. The summed E-state index contributed by atoms with van der Waals surface area (Å²) in [6, 6.07) is 1.70. The lowest BCUT2D eigenvalue weighted by atomic mass is 10.1. The Bertz CT molecular complexity index is 715. The first-order valence-electron chi connectivity index (χ1n) is 5.70. The van der Waals surface area contributed by atoms with Crippen LogP contribution in [-0.4, -0.2) is 21.0 Å². The smallest absolute Gasteiger partial charge is 0.293 e. The van der Waals surface area contributed by atoms with Gasteiger partial charge in [0.15, 0.2) is 5.82 Å². The van der Waals surface area contributed by atoms with Crippen LogP contribution >= 0.6 is 0 Å². The van der Waals surface area contributed by atoms with Crippen LogP contribution in [0.25, 0.3) is 0 Å². The van der Waals surface area contributed by atoms with Crippen LogP contribution in [-0.2, 0) is 6.54 Å². The predicted octanol–water partition coefficient (Wildman–Crippen LogP) is 0.938. The Kier molecular flexibility index (Phi) is 3.78. The van der Waals surface area contributed by atoms with Gasteiger partial charge in [-0.2, -0.15) is 4.98 Å². The first kappa shape index (κ1) is 14.4. The summed E-state index contributed by atoms with van der Waals surface area (Å²) in [4.78, 5) is 25.7. The molecule has 0 aliphatic carbocycles. The summed E-state index contributed by atoms with van der Waals surface area (Å²) in [7, 11) is 0. The predicted molar refractivity (Wildman–Crippen MR) is 67.7 cm³/mol. The molecule has 10 heteroatoms. The molecule has 21 heavy (non-hydrogen) atoms. The summed E-state index contributed by atoms with van der Waals surface area (Å²) >= 11 is 0. The Hall–Kier alpha value is -3.04. The lowest BCUT2D eigenvalue weighted by Gasteiger charge is -2.07. The van der Waals surface area contributed by atoms with Crippen LogP contribution in [0, 0.1) is 22.9 Å². The van der Waals surface area contributed by atoms with Crippen molar-refractivity contribution in [2.75, 3.05) is 5.73 Å². The first-order chi connectivity index (χ1) is 9.90. The molecule has 0 unspecified atom stereocenters. The van der Waals surface area contributed by atoms with E-state index in [2.05, 4.69) is 15.5 Å². The minimum Gasteiger partial charge on any atom is -0.392 e. The molecule has 0 saturated heterocycles. The van der Waals surface area contributed by atoms with E-state index in [0.717, 1.165) is 12.1 Å². The lowest BCUT2D eigenvalue weighted by Crippen LogP contribution is -2.25. The van der Waals surface area contributed by atoms with Gasteiger partial charge < -0.3 is 15.6 Å². The molecule has 0 aliphatic rings. The number of aryl methyl sites for hydroxylation is 1. The number of nitrogens with zero attached hydrogens (tertiary/aromatic N) is 3. The van der Waals surface area contributed by atoms with E-state index in [9.17, 15) is 19.3 Å². The van der Waals surface area contributed by atoms with E-state index < -0.39 is 33.6 Å². The molecule has 1 heterocycles. The number of hydrogen-bond acceptors (Lipinski definition) is 7. The molecule has 3 N–H and O–H groups in total. The Balaban J connectivity index is 2.22. The monoisotopic (exact) mass is 295 g/mol. The number of halogens is 1. The summed E-state index contributed by atoms with van der Waals surface area (Å²) < 4.78 is 18.4. The van der Waals surface area contributed by atoms with Crippen molar-refractivity contribution in [2.24, 2.45) is 0 Å². The Morgan fingerprint density at radius 1 is 1.57 bits per heavy atom. The maximum Gasteiger partial charge on any atom is 0.293 e. The summed E-state index contributed by atoms with van der Waals surface area (Å²) in [6.45, 7) is 1.44. The molecule has 0 bridgehead atoms. The standard InChI is InChI=1S/C11H10FN5O4/c1-5-15-8(21-16-5)4-14-11(18)9-6(12)2-3-7(10(9)13)17(19)20/h2-3H,4,13H2,1H3,(H,14,18). The minimum absolute atomic E-state index is 0.116. The van der Waals surface area contributed by atoms with E-state index in [1.165, 1.54) is 0 Å². The van der Waals surface area contributed by atoms with Gasteiger partial charge in [-0.25, -0.2) is 4.39 Å². The van der Waals surface area contributed by atoms with Crippen molar-refractivity contribution < 1.29 is 18.6 Å². The van der Waals surface area contributed by atoms with Crippen LogP contribution in [0.2, 0.25) is 0 Å². The number of carbonyl (C=O) groups is 1. The maximum atomic E-state index is 13.7. The molecule has 1 aromatic heterocycles. The van der Waals surface area contributed by atoms with E-state index in [-0.39, 0.29) is 12.4 Å². The molecule has 0 radical (unpaired) electrons. The van der Waals surface area contributed by atoms with Gasteiger partial charge in [0.2, 0.25) is 5.89 Å². The van der Waals surface area contributed by atoms with Crippen LogP contribution in [0.5, 0.6) is 0 Å². The highest BCUT2D eigenvalue weighted by atomic mass is 19.1. The van der Waals surface area contributed by atoms with E-state index in [1.54, 1.807) is 6.92 Å². The van der Waals surface area contributed by atoms with Crippen molar-refractivity contribution in [3.63, 3.8) is 0 Å². The first-order valence-corrected chi connectivity index (χ1v) is 5.70. The second kappa shape index (κ2) is 5.53. The highest BCUT2D eigenvalue weighted by Crippen LogP contribution is 2.27. The molecular formula is C11H10FN5O4. The number of nitrogens with one attached hydrogen (secondary N) is 1. The van der Waals surface area contributed by atoms with E-state index in [0.29, 0.717) is 5.82 Å². The van der Waals surface area contributed by atoms with Gasteiger partial charge in [-0.15, -0.1) is 0 Å². The fraction of sp³-hybridized carbons (Fsp3) is 0.182. The van der Waals surface area contributed by atoms with Crippen molar-refractivity contribution in [1.29, 1.82) is 0 Å². The van der Waals surface area contributed by atoms with E-state index in [1.807, 2.05) is 0 Å². The number of anilines is 1. The zero-order valence-electron chi connectivity index (χ0n) is 10.8. The molecule has 0 fully saturated rings. The summed E-state index contributed by atoms with van der Waals surface area (Å²) in [5.41, 5.74) is 3.78. The molecule has 9 nitrogen and oxygen atoms in total. The summed E-state index contributed by atoms with van der Waals surface area (Å²) in [5.74, 6) is -1.38. The number of rotatable bonds is 4. The number of nitrogens with two attached hydrogens (primary N) is 1. The zero-order chi connectivity index (χ0) is 15.6. The average molecular weight is 295 g/mol. The number of amides is 1. The fourth-order valence-electron chi connectivity index (χ4n) is 1.63. The van der Waals surface area contributed by atoms with Gasteiger partial charge in [0.1, 0.15) is 17.1 Å². The van der Waals surface area contributed by atoms with Gasteiger partial charge in [-0.05, 0) is 13.0 Å². The third-order valence-corrected chi connectivity index (χ3v) is 2.57. The van der Waals surface area contributed by atoms with Crippen molar-refractivity contribution in [1.82, 2.24) is 15.5 Å². The molecule has 0 spiro atoms. The maximum absolute atomic E-state index is 13.7. The lowest BCUT2D eigenvalue weighted by molar-refractivity contribution is -0.384. The van der Waals surface area contributed by atoms with Crippen molar-refractivity contribution in [2.45, 2.75) is 13.5 Å². The number of carbonyl (C=O) groups excluding carboxylic acids is 1. The number of aromatic nitrogens is 2. The molecule has 110 valence electrons. The number of benzene rings is 1. The third-order valence-electron chi connectivity index (χ3n) is 2.57.